The summed E-state index contributed by atoms with van der Waals surface area (Å²) in [5.41, 5.74) is -0.270. The van der Waals surface area contributed by atoms with Gasteiger partial charge in [0.2, 0.25) is 5.43 Å². The first kappa shape index (κ1) is 13.6. The van der Waals surface area contributed by atoms with Crippen molar-refractivity contribution < 1.29 is 9.59 Å². The molecule has 6 heteroatoms. The quantitative estimate of drug-likeness (QED) is 0.563. The molecule has 21 heavy (non-hydrogen) atoms. The van der Waals surface area contributed by atoms with E-state index in [-0.39, 0.29) is 11.1 Å². The smallest absolute Gasteiger partial charge is 0.313 e. The van der Waals surface area contributed by atoms with Crippen molar-refractivity contribution in [3.63, 3.8) is 0 Å². The van der Waals surface area contributed by atoms with E-state index in [4.69, 9.17) is 0 Å². The Bertz CT molecular complexity index is 650. The molecule has 2 bridgehead atoms. The topological polar surface area (TPSA) is 91.1 Å². The number of allylic oxidation sites excluding steroid dienone is 2. The van der Waals surface area contributed by atoms with E-state index in [2.05, 4.69) is 27.8 Å². The van der Waals surface area contributed by atoms with Gasteiger partial charge in [-0.15, -0.1) is 0 Å². The molecular formula is C15H17N3O3. The summed E-state index contributed by atoms with van der Waals surface area (Å²) in [7, 11) is 0. The molecule has 2 amide bonds. The molecule has 3 atom stereocenters. The van der Waals surface area contributed by atoms with Crippen molar-refractivity contribution >= 4 is 17.5 Å². The van der Waals surface area contributed by atoms with E-state index in [0.29, 0.717) is 24.3 Å². The van der Waals surface area contributed by atoms with Gasteiger partial charge in [0.15, 0.2) is 0 Å². The molecule has 0 aromatic carbocycles. The Labute approximate surface area is 121 Å². The van der Waals surface area contributed by atoms with Crippen LogP contribution in [0.25, 0.3) is 0 Å². The molecule has 0 saturated heterocycles. The zero-order valence-corrected chi connectivity index (χ0v) is 11.5. The van der Waals surface area contributed by atoms with Crippen molar-refractivity contribution in [2.45, 2.75) is 12.8 Å². The molecular weight excluding hydrogens is 270 g/mol. The SMILES string of the molecule is O=C(NCC1CC2C=CC1C2)C(=O)Nc1c[nH]ccc1=O. The second-order valence-corrected chi connectivity index (χ2v) is 5.63. The largest absolute Gasteiger partial charge is 0.366 e. The summed E-state index contributed by atoms with van der Waals surface area (Å²) in [6, 6.07) is 1.29. The van der Waals surface area contributed by atoms with Crippen molar-refractivity contribution in [3.8, 4) is 0 Å². The molecule has 2 aliphatic carbocycles. The molecule has 3 unspecified atom stereocenters. The first-order valence-corrected chi connectivity index (χ1v) is 7.08. The van der Waals surface area contributed by atoms with Crippen molar-refractivity contribution in [1.29, 1.82) is 0 Å². The maximum Gasteiger partial charge on any atom is 0.313 e. The van der Waals surface area contributed by atoms with Crippen LogP contribution in [0.5, 0.6) is 0 Å². The molecule has 1 heterocycles. The zero-order valence-electron chi connectivity index (χ0n) is 11.5. The second kappa shape index (κ2) is 5.55. The molecule has 1 aromatic heterocycles. The highest BCUT2D eigenvalue weighted by molar-refractivity contribution is 6.39. The van der Waals surface area contributed by atoms with Gasteiger partial charge in [0.25, 0.3) is 0 Å². The fourth-order valence-electron chi connectivity index (χ4n) is 3.13. The monoisotopic (exact) mass is 287 g/mol. The van der Waals surface area contributed by atoms with E-state index in [1.807, 2.05) is 0 Å². The van der Waals surface area contributed by atoms with E-state index >= 15 is 0 Å². The average Bonchev–Trinajstić information content (AvgIpc) is 3.09. The molecule has 110 valence electrons. The predicted molar refractivity (Wildman–Crippen MR) is 77.5 cm³/mol. The van der Waals surface area contributed by atoms with Gasteiger partial charge in [-0.1, -0.05) is 12.2 Å². The van der Waals surface area contributed by atoms with Crippen LogP contribution in [0.4, 0.5) is 5.69 Å². The van der Waals surface area contributed by atoms with Crippen LogP contribution in [0.3, 0.4) is 0 Å². The van der Waals surface area contributed by atoms with Gasteiger partial charge in [0, 0.05) is 25.0 Å². The number of H-pyrrole nitrogens is 1. The standard InChI is InChI=1S/C15H17N3O3/c19-13-3-4-16-8-12(13)18-15(21)14(20)17-7-11-6-9-1-2-10(11)5-9/h1-4,8-11H,5-7H2,(H,16,19)(H,17,20)(H,18,21). The Morgan fingerprint density at radius 3 is 2.76 bits per heavy atom. The summed E-state index contributed by atoms with van der Waals surface area (Å²) >= 11 is 0. The fraction of sp³-hybridized carbons (Fsp3) is 0.400. The fourth-order valence-corrected chi connectivity index (χ4v) is 3.13. The highest BCUT2D eigenvalue weighted by Gasteiger charge is 2.35. The van der Waals surface area contributed by atoms with Crippen LogP contribution in [0.2, 0.25) is 0 Å². The molecule has 3 rings (SSSR count). The van der Waals surface area contributed by atoms with Gasteiger partial charge in [0.05, 0.1) is 0 Å². The number of amides is 2. The highest BCUT2D eigenvalue weighted by atomic mass is 16.2. The first-order valence-electron chi connectivity index (χ1n) is 7.08. The van der Waals surface area contributed by atoms with Gasteiger partial charge in [-0.25, -0.2) is 0 Å². The van der Waals surface area contributed by atoms with Crippen LogP contribution >= 0.6 is 0 Å². The number of rotatable bonds is 3. The Morgan fingerprint density at radius 1 is 1.24 bits per heavy atom. The Balaban J connectivity index is 1.51. The van der Waals surface area contributed by atoms with Crippen LogP contribution in [-0.4, -0.2) is 23.3 Å². The summed E-state index contributed by atoms with van der Waals surface area (Å²) in [5.74, 6) is 0.0521. The Kier molecular flexibility index (Phi) is 3.60. The molecule has 1 aromatic rings. The third kappa shape index (κ3) is 2.89. The van der Waals surface area contributed by atoms with E-state index < -0.39 is 11.8 Å². The minimum absolute atomic E-state index is 0.0699. The van der Waals surface area contributed by atoms with Crippen LogP contribution < -0.4 is 16.1 Å². The molecule has 0 radical (unpaired) electrons. The van der Waals surface area contributed by atoms with Crippen LogP contribution in [0.15, 0.2) is 35.4 Å². The van der Waals surface area contributed by atoms with E-state index in [1.165, 1.54) is 18.5 Å². The maximum atomic E-state index is 11.8. The van der Waals surface area contributed by atoms with E-state index in [1.54, 1.807) is 0 Å². The zero-order chi connectivity index (χ0) is 14.8. The predicted octanol–water partition coefficient (Wildman–Crippen LogP) is 0.642. The van der Waals surface area contributed by atoms with E-state index in [9.17, 15) is 14.4 Å². The first-order chi connectivity index (χ1) is 10.1. The number of hydrogen-bond acceptors (Lipinski definition) is 3. The molecule has 3 N–H and O–H groups in total. The lowest BCUT2D eigenvalue weighted by Crippen LogP contribution is -2.39. The van der Waals surface area contributed by atoms with Crippen molar-refractivity contribution in [2.75, 3.05) is 11.9 Å². The Hall–Kier alpha value is -2.37. The number of anilines is 1. The normalized spacial score (nSPS) is 25.8. The summed E-state index contributed by atoms with van der Waals surface area (Å²) in [4.78, 5) is 37.7. The summed E-state index contributed by atoms with van der Waals surface area (Å²) < 4.78 is 0. The van der Waals surface area contributed by atoms with Crippen molar-refractivity contribution in [3.05, 3.63) is 40.8 Å². The van der Waals surface area contributed by atoms with Crippen LogP contribution in [0.1, 0.15) is 12.8 Å². The lowest BCUT2D eigenvalue weighted by molar-refractivity contribution is -0.136. The lowest BCUT2D eigenvalue weighted by Gasteiger charge is -2.18. The molecule has 1 saturated carbocycles. The molecule has 1 fully saturated rings. The van der Waals surface area contributed by atoms with Gasteiger partial charge in [-0.3, -0.25) is 14.4 Å². The minimum Gasteiger partial charge on any atom is -0.366 e. The molecule has 2 aliphatic rings. The van der Waals surface area contributed by atoms with Crippen LogP contribution in [0, 0.1) is 17.8 Å². The second-order valence-electron chi connectivity index (χ2n) is 5.63. The summed E-state index contributed by atoms with van der Waals surface area (Å²) in [6.07, 6.45) is 9.48. The minimum atomic E-state index is -0.814. The number of hydrogen-bond donors (Lipinski definition) is 3. The van der Waals surface area contributed by atoms with Gasteiger partial charge in [-0.2, -0.15) is 0 Å². The van der Waals surface area contributed by atoms with Crippen molar-refractivity contribution in [2.24, 2.45) is 17.8 Å². The number of pyridine rings is 1. The van der Waals surface area contributed by atoms with Crippen molar-refractivity contribution in [1.82, 2.24) is 10.3 Å². The maximum absolute atomic E-state index is 11.8. The van der Waals surface area contributed by atoms with Gasteiger partial charge in [0.1, 0.15) is 5.69 Å². The number of aromatic nitrogens is 1. The number of carbonyl (C=O) groups excluding carboxylic acids is 2. The summed E-state index contributed by atoms with van der Waals surface area (Å²) in [6.45, 7) is 0.503. The third-order valence-corrected chi connectivity index (χ3v) is 4.22. The third-order valence-electron chi connectivity index (χ3n) is 4.22. The van der Waals surface area contributed by atoms with Gasteiger partial charge >= 0.3 is 11.8 Å². The summed E-state index contributed by atoms with van der Waals surface area (Å²) in [5, 5.41) is 4.96. The van der Waals surface area contributed by atoms with Gasteiger partial charge in [-0.05, 0) is 30.6 Å². The average molecular weight is 287 g/mol. The lowest BCUT2D eigenvalue weighted by atomic mass is 9.94. The van der Waals surface area contributed by atoms with Gasteiger partial charge < -0.3 is 15.6 Å². The van der Waals surface area contributed by atoms with E-state index in [0.717, 1.165) is 12.8 Å². The molecule has 6 nitrogen and oxygen atoms in total. The van der Waals surface area contributed by atoms with Crippen LogP contribution in [-0.2, 0) is 9.59 Å². The highest BCUT2D eigenvalue weighted by Crippen LogP contribution is 2.42. The Morgan fingerprint density at radius 2 is 2.10 bits per heavy atom. The molecule has 0 spiro atoms. The number of fused-ring (bicyclic) bond motifs is 2. The molecule has 0 aliphatic heterocycles. The number of aromatic amines is 1. The number of carbonyl (C=O) groups is 2. The number of nitrogens with one attached hydrogen (secondary N) is 3.